The Morgan fingerprint density at radius 1 is 1.28 bits per heavy atom. The lowest BCUT2D eigenvalue weighted by molar-refractivity contribution is 0.0927. The molecule has 0 bridgehead atoms. The van der Waals surface area contributed by atoms with Gasteiger partial charge in [0.1, 0.15) is 5.15 Å². The molecule has 0 saturated heterocycles. The van der Waals surface area contributed by atoms with Crippen molar-refractivity contribution in [1.29, 1.82) is 0 Å². The van der Waals surface area contributed by atoms with Crippen LogP contribution < -0.4 is 5.32 Å². The number of rotatable bonds is 2. The van der Waals surface area contributed by atoms with Crippen LogP contribution in [0.5, 0.6) is 0 Å². The molecule has 1 aliphatic rings. The molecule has 6 heteroatoms. The van der Waals surface area contributed by atoms with Crippen LogP contribution in [0, 0.1) is 5.82 Å². The molecule has 1 fully saturated rings. The molecule has 1 heterocycles. The molecule has 0 atom stereocenters. The Kier molecular flexibility index (Phi) is 4.40. The van der Waals surface area contributed by atoms with Crippen molar-refractivity contribution in [2.24, 2.45) is 0 Å². The van der Waals surface area contributed by atoms with Gasteiger partial charge in [-0.25, -0.2) is 9.37 Å². The van der Waals surface area contributed by atoms with Gasteiger partial charge < -0.3 is 5.32 Å². The van der Waals surface area contributed by atoms with Crippen LogP contribution in [0.15, 0.2) is 6.07 Å². The Labute approximate surface area is 115 Å². The van der Waals surface area contributed by atoms with Crippen LogP contribution in [0.25, 0.3) is 0 Å². The first kappa shape index (κ1) is 13.6. The van der Waals surface area contributed by atoms with E-state index in [-0.39, 0.29) is 21.9 Å². The van der Waals surface area contributed by atoms with Gasteiger partial charge in [0, 0.05) is 6.04 Å². The molecule has 0 spiro atoms. The van der Waals surface area contributed by atoms with Crippen LogP contribution in [-0.2, 0) is 0 Å². The molecule has 1 aromatic rings. The molecule has 1 aliphatic carbocycles. The molecule has 1 aromatic heterocycles. The lowest BCUT2D eigenvalue weighted by Crippen LogP contribution is -2.36. The standard InChI is InChI=1S/C12H13Cl2FN2O/c13-10-8(6-9(15)11(14)17-10)12(18)16-7-4-2-1-3-5-7/h6-7H,1-5H2,(H,16,18). The van der Waals surface area contributed by atoms with Gasteiger partial charge >= 0.3 is 0 Å². The Bertz CT molecular complexity index is 462. The molecule has 18 heavy (non-hydrogen) atoms. The van der Waals surface area contributed by atoms with Gasteiger partial charge in [0.05, 0.1) is 5.56 Å². The first-order valence-electron chi connectivity index (χ1n) is 5.90. The highest BCUT2D eigenvalue weighted by molar-refractivity contribution is 6.34. The zero-order valence-electron chi connectivity index (χ0n) is 9.68. The van der Waals surface area contributed by atoms with E-state index < -0.39 is 11.7 Å². The number of nitrogens with one attached hydrogen (secondary N) is 1. The van der Waals surface area contributed by atoms with Crippen LogP contribution in [0.2, 0.25) is 10.3 Å². The van der Waals surface area contributed by atoms with E-state index in [4.69, 9.17) is 23.2 Å². The minimum Gasteiger partial charge on any atom is -0.349 e. The topological polar surface area (TPSA) is 42.0 Å². The molecular weight excluding hydrogens is 278 g/mol. The maximum absolute atomic E-state index is 13.3. The fourth-order valence-corrected chi connectivity index (χ4v) is 2.52. The summed E-state index contributed by atoms with van der Waals surface area (Å²) in [6, 6.07) is 1.16. The van der Waals surface area contributed by atoms with Crippen molar-refractivity contribution in [3.05, 3.63) is 27.8 Å². The van der Waals surface area contributed by atoms with Crippen molar-refractivity contribution in [3.8, 4) is 0 Å². The summed E-state index contributed by atoms with van der Waals surface area (Å²) < 4.78 is 13.3. The number of carbonyl (C=O) groups excluding carboxylic acids is 1. The molecule has 98 valence electrons. The van der Waals surface area contributed by atoms with Gasteiger partial charge in [0.15, 0.2) is 11.0 Å². The van der Waals surface area contributed by atoms with Crippen molar-refractivity contribution in [3.63, 3.8) is 0 Å². The van der Waals surface area contributed by atoms with Crippen molar-refractivity contribution in [2.45, 2.75) is 38.1 Å². The molecule has 0 radical (unpaired) electrons. The number of carbonyl (C=O) groups is 1. The molecule has 1 saturated carbocycles. The molecule has 1 N–H and O–H groups in total. The summed E-state index contributed by atoms with van der Waals surface area (Å²) in [4.78, 5) is 15.5. The summed E-state index contributed by atoms with van der Waals surface area (Å²) in [5.74, 6) is -1.13. The van der Waals surface area contributed by atoms with Crippen LogP contribution in [0.3, 0.4) is 0 Å². The minimum absolute atomic E-state index is 0.0316. The van der Waals surface area contributed by atoms with E-state index >= 15 is 0 Å². The van der Waals surface area contributed by atoms with Gasteiger partial charge in [-0.1, -0.05) is 42.5 Å². The molecule has 1 amide bonds. The highest BCUT2D eigenvalue weighted by Crippen LogP contribution is 2.22. The zero-order valence-corrected chi connectivity index (χ0v) is 11.2. The SMILES string of the molecule is O=C(NC1CCCCC1)c1cc(F)c(Cl)nc1Cl. The van der Waals surface area contributed by atoms with Crippen molar-refractivity contribution in [2.75, 3.05) is 0 Å². The molecular formula is C12H13Cl2FN2O. The van der Waals surface area contributed by atoms with Gasteiger partial charge in [-0.15, -0.1) is 0 Å². The van der Waals surface area contributed by atoms with Crippen LogP contribution in [-0.4, -0.2) is 16.9 Å². The van der Waals surface area contributed by atoms with E-state index in [1.54, 1.807) is 0 Å². The van der Waals surface area contributed by atoms with E-state index in [1.165, 1.54) is 6.42 Å². The van der Waals surface area contributed by atoms with E-state index in [0.29, 0.717) is 0 Å². The molecule has 0 aliphatic heterocycles. The summed E-state index contributed by atoms with van der Waals surface area (Å²) in [5.41, 5.74) is 0.0316. The Hall–Kier alpha value is -0.870. The summed E-state index contributed by atoms with van der Waals surface area (Å²) >= 11 is 11.3. The number of nitrogens with zero attached hydrogens (tertiary/aromatic N) is 1. The van der Waals surface area contributed by atoms with Gasteiger partial charge in [0.25, 0.3) is 5.91 Å². The summed E-state index contributed by atoms with van der Waals surface area (Å²) in [5, 5.41) is 2.45. The fraction of sp³-hybridized carbons (Fsp3) is 0.500. The van der Waals surface area contributed by atoms with Crippen molar-refractivity contribution < 1.29 is 9.18 Å². The number of hydrogen-bond acceptors (Lipinski definition) is 2. The largest absolute Gasteiger partial charge is 0.349 e. The first-order valence-corrected chi connectivity index (χ1v) is 6.66. The third-order valence-corrected chi connectivity index (χ3v) is 3.62. The highest BCUT2D eigenvalue weighted by atomic mass is 35.5. The lowest BCUT2D eigenvalue weighted by Gasteiger charge is -2.22. The third-order valence-electron chi connectivity index (χ3n) is 3.07. The lowest BCUT2D eigenvalue weighted by atomic mass is 9.95. The van der Waals surface area contributed by atoms with Crippen molar-refractivity contribution in [1.82, 2.24) is 10.3 Å². The Morgan fingerprint density at radius 3 is 2.61 bits per heavy atom. The maximum Gasteiger partial charge on any atom is 0.254 e. The first-order chi connectivity index (χ1) is 8.58. The molecule has 2 rings (SSSR count). The predicted molar refractivity (Wildman–Crippen MR) is 68.6 cm³/mol. The van der Waals surface area contributed by atoms with Gasteiger partial charge in [-0.2, -0.15) is 0 Å². The number of amides is 1. The second-order valence-electron chi connectivity index (χ2n) is 4.41. The van der Waals surface area contributed by atoms with E-state index in [2.05, 4.69) is 10.3 Å². The Balaban J connectivity index is 2.10. The minimum atomic E-state index is -0.741. The normalized spacial score (nSPS) is 16.6. The average molecular weight is 291 g/mol. The second kappa shape index (κ2) is 5.85. The number of hydrogen-bond donors (Lipinski definition) is 1. The van der Waals surface area contributed by atoms with Crippen LogP contribution in [0.1, 0.15) is 42.5 Å². The summed E-state index contributed by atoms with van der Waals surface area (Å²) in [6.07, 6.45) is 5.31. The van der Waals surface area contributed by atoms with Gasteiger partial charge in [0.2, 0.25) is 0 Å². The molecule has 3 nitrogen and oxygen atoms in total. The van der Waals surface area contributed by atoms with Crippen LogP contribution in [0.4, 0.5) is 4.39 Å². The number of pyridine rings is 1. The van der Waals surface area contributed by atoms with Gasteiger partial charge in [-0.3, -0.25) is 4.79 Å². The monoisotopic (exact) mass is 290 g/mol. The Morgan fingerprint density at radius 2 is 1.94 bits per heavy atom. The highest BCUT2D eigenvalue weighted by Gasteiger charge is 2.20. The smallest absolute Gasteiger partial charge is 0.254 e. The van der Waals surface area contributed by atoms with Crippen LogP contribution >= 0.6 is 23.2 Å². The average Bonchev–Trinajstić information content (AvgIpc) is 2.35. The number of halogens is 3. The zero-order chi connectivity index (χ0) is 13.1. The van der Waals surface area contributed by atoms with E-state index in [0.717, 1.165) is 31.7 Å². The fourth-order valence-electron chi connectivity index (χ4n) is 2.11. The third kappa shape index (κ3) is 3.12. The molecule has 0 unspecified atom stereocenters. The van der Waals surface area contributed by atoms with Gasteiger partial charge in [-0.05, 0) is 18.9 Å². The quantitative estimate of drug-likeness (QED) is 0.846. The van der Waals surface area contributed by atoms with E-state index in [1.807, 2.05) is 0 Å². The maximum atomic E-state index is 13.3. The number of aromatic nitrogens is 1. The summed E-state index contributed by atoms with van der Waals surface area (Å²) in [7, 11) is 0. The predicted octanol–water partition coefficient (Wildman–Crippen LogP) is 3.59. The molecule has 0 aromatic carbocycles. The van der Waals surface area contributed by atoms with E-state index in [9.17, 15) is 9.18 Å². The summed E-state index contributed by atoms with van der Waals surface area (Å²) in [6.45, 7) is 0. The second-order valence-corrected chi connectivity index (χ2v) is 5.12. The van der Waals surface area contributed by atoms with Crippen molar-refractivity contribution >= 4 is 29.1 Å².